The van der Waals surface area contributed by atoms with Gasteiger partial charge in [0, 0.05) is 5.92 Å². The molecule has 0 amide bonds. The molecule has 4 nitrogen and oxygen atoms in total. The van der Waals surface area contributed by atoms with Gasteiger partial charge in [-0.25, -0.2) is 0 Å². The van der Waals surface area contributed by atoms with E-state index in [1.165, 1.54) is 25.7 Å². The van der Waals surface area contributed by atoms with Gasteiger partial charge in [-0.2, -0.15) is 4.98 Å². The number of aromatic nitrogens is 2. The molecule has 0 spiro atoms. The van der Waals surface area contributed by atoms with Gasteiger partial charge in [-0.05, 0) is 25.2 Å². The van der Waals surface area contributed by atoms with Crippen molar-refractivity contribution in [3.63, 3.8) is 0 Å². The molecule has 2 N–H and O–H groups in total. The maximum absolute atomic E-state index is 5.87. The van der Waals surface area contributed by atoms with Crippen LogP contribution < -0.4 is 5.73 Å². The topological polar surface area (TPSA) is 64.9 Å². The zero-order valence-corrected chi connectivity index (χ0v) is 10.1. The number of nitrogens with two attached hydrogens (primary N) is 1. The zero-order chi connectivity index (χ0) is 11.5. The lowest BCUT2D eigenvalue weighted by Gasteiger charge is -2.23. The van der Waals surface area contributed by atoms with Gasteiger partial charge in [0.15, 0.2) is 5.82 Å². The van der Waals surface area contributed by atoms with E-state index in [0.717, 1.165) is 18.2 Å². The Morgan fingerprint density at radius 2 is 2.31 bits per heavy atom. The van der Waals surface area contributed by atoms with Crippen LogP contribution in [0.1, 0.15) is 69.6 Å². The highest BCUT2D eigenvalue weighted by Crippen LogP contribution is 2.34. The Balaban J connectivity index is 2.06. The zero-order valence-electron chi connectivity index (χ0n) is 10.1. The minimum Gasteiger partial charge on any atom is -0.338 e. The maximum atomic E-state index is 5.87. The molecule has 0 radical (unpaired) electrons. The monoisotopic (exact) mass is 223 g/mol. The first-order valence-corrected chi connectivity index (χ1v) is 6.29. The molecule has 16 heavy (non-hydrogen) atoms. The molecule has 1 aromatic rings. The Kier molecular flexibility index (Phi) is 3.59. The van der Waals surface area contributed by atoms with E-state index in [-0.39, 0.29) is 6.04 Å². The van der Waals surface area contributed by atoms with Gasteiger partial charge >= 0.3 is 0 Å². The molecule has 0 bridgehead atoms. The SMILES string of the molecule is CC[C@@H](N)c1nc(C2CCCC(C)C2)no1. The molecule has 1 saturated carbocycles. The van der Waals surface area contributed by atoms with Gasteiger partial charge in [0.2, 0.25) is 5.89 Å². The van der Waals surface area contributed by atoms with Crippen molar-refractivity contribution in [2.75, 3.05) is 0 Å². The summed E-state index contributed by atoms with van der Waals surface area (Å²) in [6.45, 7) is 4.32. The largest absolute Gasteiger partial charge is 0.338 e. The van der Waals surface area contributed by atoms with Crippen LogP contribution in [0.15, 0.2) is 4.52 Å². The van der Waals surface area contributed by atoms with Crippen molar-refractivity contribution in [3.05, 3.63) is 11.7 Å². The Hall–Kier alpha value is -0.900. The highest BCUT2D eigenvalue weighted by molar-refractivity contribution is 4.99. The van der Waals surface area contributed by atoms with Crippen molar-refractivity contribution in [2.45, 2.75) is 57.9 Å². The van der Waals surface area contributed by atoms with Crippen LogP contribution in [0.4, 0.5) is 0 Å². The molecular formula is C12H21N3O. The molecule has 1 heterocycles. The second kappa shape index (κ2) is 4.95. The molecule has 1 aromatic heterocycles. The molecule has 0 saturated heterocycles. The van der Waals surface area contributed by atoms with Gasteiger partial charge in [-0.15, -0.1) is 0 Å². The fraction of sp³-hybridized carbons (Fsp3) is 0.833. The minimum atomic E-state index is -0.109. The summed E-state index contributed by atoms with van der Waals surface area (Å²) >= 11 is 0. The Morgan fingerprint density at radius 3 is 3.00 bits per heavy atom. The summed E-state index contributed by atoms with van der Waals surface area (Å²) in [5.74, 6) is 2.71. The lowest BCUT2D eigenvalue weighted by Crippen LogP contribution is -2.13. The second-order valence-electron chi connectivity index (χ2n) is 4.97. The molecule has 1 aliphatic carbocycles. The molecule has 1 fully saturated rings. The van der Waals surface area contributed by atoms with Crippen molar-refractivity contribution in [2.24, 2.45) is 11.7 Å². The van der Waals surface area contributed by atoms with Gasteiger partial charge in [-0.1, -0.05) is 31.8 Å². The van der Waals surface area contributed by atoms with E-state index >= 15 is 0 Å². The van der Waals surface area contributed by atoms with Gasteiger partial charge in [0.25, 0.3) is 0 Å². The van der Waals surface area contributed by atoms with Gasteiger partial charge in [0.05, 0.1) is 6.04 Å². The second-order valence-corrected chi connectivity index (χ2v) is 4.97. The third kappa shape index (κ3) is 2.43. The third-order valence-electron chi connectivity index (χ3n) is 3.52. The van der Waals surface area contributed by atoms with Crippen molar-refractivity contribution in [1.82, 2.24) is 10.1 Å². The van der Waals surface area contributed by atoms with Crippen LogP contribution in [0.5, 0.6) is 0 Å². The molecular weight excluding hydrogens is 202 g/mol. The minimum absolute atomic E-state index is 0.109. The van der Waals surface area contributed by atoms with Crippen LogP contribution in [0.2, 0.25) is 0 Å². The number of hydrogen-bond acceptors (Lipinski definition) is 4. The first-order chi connectivity index (χ1) is 7.70. The van der Waals surface area contributed by atoms with Crippen LogP contribution in [-0.4, -0.2) is 10.1 Å². The van der Waals surface area contributed by atoms with E-state index in [9.17, 15) is 0 Å². The third-order valence-corrected chi connectivity index (χ3v) is 3.52. The van der Waals surface area contributed by atoms with Crippen LogP contribution in [0.25, 0.3) is 0 Å². The molecule has 3 atom stereocenters. The summed E-state index contributed by atoms with van der Waals surface area (Å²) in [4.78, 5) is 4.44. The number of hydrogen-bond donors (Lipinski definition) is 1. The van der Waals surface area contributed by atoms with Crippen LogP contribution in [0.3, 0.4) is 0 Å². The Bertz CT molecular complexity index is 337. The normalized spacial score (nSPS) is 27.9. The maximum Gasteiger partial charge on any atom is 0.243 e. The predicted molar refractivity (Wildman–Crippen MR) is 61.9 cm³/mol. The fourth-order valence-electron chi connectivity index (χ4n) is 2.41. The molecule has 90 valence electrons. The summed E-state index contributed by atoms with van der Waals surface area (Å²) in [6.07, 6.45) is 5.80. The quantitative estimate of drug-likeness (QED) is 0.855. The molecule has 0 aromatic carbocycles. The molecule has 1 aliphatic rings. The van der Waals surface area contributed by atoms with E-state index in [2.05, 4.69) is 17.1 Å². The summed E-state index contributed by atoms with van der Waals surface area (Å²) in [5.41, 5.74) is 5.87. The lowest BCUT2D eigenvalue weighted by molar-refractivity contribution is 0.315. The first-order valence-electron chi connectivity index (χ1n) is 6.29. The standard InChI is InChI=1S/C12H21N3O/c1-3-10(13)12-14-11(15-16-12)9-6-4-5-8(2)7-9/h8-10H,3-7,13H2,1-2H3/t8?,9?,10-/m1/s1. The smallest absolute Gasteiger partial charge is 0.243 e. The van der Waals surface area contributed by atoms with E-state index in [4.69, 9.17) is 10.3 Å². The molecule has 4 heteroatoms. The Morgan fingerprint density at radius 1 is 1.50 bits per heavy atom. The predicted octanol–water partition coefficient (Wildman–Crippen LogP) is 2.77. The fourth-order valence-corrected chi connectivity index (χ4v) is 2.41. The van der Waals surface area contributed by atoms with Gasteiger partial charge < -0.3 is 10.3 Å². The number of rotatable bonds is 3. The van der Waals surface area contributed by atoms with Crippen molar-refractivity contribution in [1.29, 1.82) is 0 Å². The summed E-state index contributed by atoms with van der Waals surface area (Å²) in [7, 11) is 0. The lowest BCUT2D eigenvalue weighted by atomic mass is 9.82. The molecule has 0 aliphatic heterocycles. The van der Waals surface area contributed by atoms with Gasteiger partial charge in [0.1, 0.15) is 0 Å². The van der Waals surface area contributed by atoms with E-state index in [0.29, 0.717) is 11.8 Å². The molecule has 2 unspecified atom stereocenters. The number of nitrogens with zero attached hydrogens (tertiary/aromatic N) is 2. The van der Waals surface area contributed by atoms with Crippen LogP contribution in [-0.2, 0) is 0 Å². The van der Waals surface area contributed by atoms with Crippen LogP contribution >= 0.6 is 0 Å². The van der Waals surface area contributed by atoms with E-state index in [1.807, 2.05) is 6.92 Å². The average molecular weight is 223 g/mol. The summed E-state index contributed by atoms with van der Waals surface area (Å²) in [6, 6.07) is -0.109. The van der Waals surface area contributed by atoms with E-state index < -0.39 is 0 Å². The Labute approximate surface area is 96.6 Å². The summed E-state index contributed by atoms with van der Waals surface area (Å²) in [5, 5.41) is 4.08. The van der Waals surface area contributed by atoms with E-state index in [1.54, 1.807) is 0 Å². The summed E-state index contributed by atoms with van der Waals surface area (Å²) < 4.78 is 5.22. The highest BCUT2D eigenvalue weighted by Gasteiger charge is 2.25. The van der Waals surface area contributed by atoms with Crippen LogP contribution in [0, 0.1) is 5.92 Å². The van der Waals surface area contributed by atoms with Crippen molar-refractivity contribution in [3.8, 4) is 0 Å². The molecule has 2 rings (SSSR count). The highest BCUT2D eigenvalue weighted by atomic mass is 16.5. The average Bonchev–Trinajstić information content (AvgIpc) is 2.77. The van der Waals surface area contributed by atoms with Crippen molar-refractivity contribution < 1.29 is 4.52 Å². The van der Waals surface area contributed by atoms with Gasteiger partial charge in [-0.3, -0.25) is 0 Å². The van der Waals surface area contributed by atoms with Crippen molar-refractivity contribution >= 4 is 0 Å². The first kappa shape index (κ1) is 11.6.